The Kier molecular flexibility index (Phi) is 19.4. The van der Waals surface area contributed by atoms with E-state index < -0.39 is 0 Å². The van der Waals surface area contributed by atoms with E-state index in [1.807, 2.05) is 30.3 Å². The van der Waals surface area contributed by atoms with Gasteiger partial charge < -0.3 is 36.5 Å². The number of hydrogen-bond acceptors (Lipinski definition) is 1. The Morgan fingerprint density at radius 1 is 0.682 bits per heavy atom. The minimum atomic E-state index is 0. The van der Waals surface area contributed by atoms with E-state index in [1.165, 1.54) is 63.4 Å². The van der Waals surface area contributed by atoms with E-state index in [0.29, 0.717) is 0 Å². The Labute approximate surface area is 148 Å². The van der Waals surface area contributed by atoms with Gasteiger partial charge in [0, 0.05) is 17.1 Å². The molecule has 0 saturated carbocycles. The SMILES string of the molecule is CCCCCCCCCC[c-]1cccc1.N.[Fe].[cH-]1[cH-][cH-][cH-][cH-]1. The maximum atomic E-state index is 2.28. The van der Waals surface area contributed by atoms with Gasteiger partial charge in [-0.1, -0.05) is 64.7 Å². The fourth-order valence-corrected chi connectivity index (χ4v) is 2.36. The second-order valence-electron chi connectivity index (χ2n) is 5.48. The van der Waals surface area contributed by atoms with E-state index >= 15 is 0 Å². The zero-order valence-electron chi connectivity index (χ0n) is 14.1. The Hall–Kier alpha value is -0.821. The van der Waals surface area contributed by atoms with Crippen LogP contribution >= 0.6 is 0 Å². The van der Waals surface area contributed by atoms with Crippen molar-refractivity contribution in [2.24, 2.45) is 0 Å². The molecular formula is C20H33FeN-6. The van der Waals surface area contributed by atoms with E-state index in [9.17, 15) is 0 Å². The predicted molar refractivity (Wildman–Crippen MR) is 95.4 cm³/mol. The minimum Gasteiger partial charge on any atom is -0.748 e. The van der Waals surface area contributed by atoms with Crippen molar-refractivity contribution in [1.29, 1.82) is 0 Å². The van der Waals surface area contributed by atoms with Gasteiger partial charge in [-0.25, -0.2) is 12.1 Å². The first-order valence-electron chi connectivity index (χ1n) is 8.30. The normalized spacial score (nSPS) is 9.14. The summed E-state index contributed by atoms with van der Waals surface area (Å²) in [4.78, 5) is 0. The molecule has 0 aromatic heterocycles. The molecule has 22 heavy (non-hydrogen) atoms. The van der Waals surface area contributed by atoms with Gasteiger partial charge in [0.2, 0.25) is 0 Å². The van der Waals surface area contributed by atoms with Crippen LogP contribution in [0.15, 0.2) is 54.6 Å². The molecule has 0 aliphatic rings. The van der Waals surface area contributed by atoms with E-state index in [2.05, 4.69) is 31.2 Å². The fraction of sp³-hybridized carbons (Fsp3) is 0.500. The average Bonchev–Trinajstić information content (AvgIpc) is 3.17. The third-order valence-electron chi connectivity index (χ3n) is 3.61. The summed E-state index contributed by atoms with van der Waals surface area (Å²) in [6, 6.07) is 18.8. The van der Waals surface area contributed by atoms with E-state index in [4.69, 9.17) is 0 Å². The zero-order chi connectivity index (χ0) is 14.3. The predicted octanol–water partition coefficient (Wildman–Crippen LogP) is 6.65. The maximum Gasteiger partial charge on any atom is 0 e. The molecule has 1 nitrogen and oxygen atoms in total. The van der Waals surface area contributed by atoms with Crippen LogP contribution in [0.1, 0.15) is 63.9 Å². The summed E-state index contributed by atoms with van der Waals surface area (Å²) in [5.41, 5.74) is 1.51. The third kappa shape index (κ3) is 14.1. The van der Waals surface area contributed by atoms with Gasteiger partial charge in [-0.15, -0.1) is 0 Å². The summed E-state index contributed by atoms with van der Waals surface area (Å²) in [6.45, 7) is 2.28. The molecule has 0 amide bonds. The first-order valence-corrected chi connectivity index (χ1v) is 8.30. The van der Waals surface area contributed by atoms with Crippen LogP contribution in [-0.2, 0) is 23.5 Å². The number of aryl methyl sites for hydroxylation is 1. The van der Waals surface area contributed by atoms with Crippen molar-refractivity contribution in [3.05, 3.63) is 60.2 Å². The minimum absolute atomic E-state index is 0. The molecule has 0 atom stereocenters. The van der Waals surface area contributed by atoms with Crippen LogP contribution in [-0.4, -0.2) is 0 Å². The van der Waals surface area contributed by atoms with E-state index in [-0.39, 0.29) is 23.2 Å². The summed E-state index contributed by atoms with van der Waals surface area (Å²) in [6.07, 6.45) is 12.6. The monoisotopic (exact) mass is 343 g/mol. The van der Waals surface area contributed by atoms with Crippen molar-refractivity contribution in [3.8, 4) is 0 Å². The molecule has 0 unspecified atom stereocenters. The topological polar surface area (TPSA) is 35.0 Å². The molecule has 2 rings (SSSR count). The molecule has 132 valence electrons. The third-order valence-corrected chi connectivity index (χ3v) is 3.61. The molecule has 0 saturated heterocycles. The number of unbranched alkanes of at least 4 members (excludes halogenated alkanes) is 7. The van der Waals surface area contributed by atoms with Crippen LogP contribution in [0.4, 0.5) is 0 Å². The summed E-state index contributed by atoms with van der Waals surface area (Å²) in [7, 11) is 0. The van der Waals surface area contributed by atoms with Gasteiger partial charge in [-0.3, -0.25) is 0 Å². The Morgan fingerprint density at radius 2 is 1.09 bits per heavy atom. The van der Waals surface area contributed by atoms with E-state index in [1.54, 1.807) is 0 Å². The van der Waals surface area contributed by atoms with Gasteiger partial charge in [0.1, 0.15) is 0 Å². The molecule has 0 bridgehead atoms. The molecule has 0 heterocycles. The van der Waals surface area contributed by atoms with Crippen LogP contribution in [0, 0.1) is 0 Å². The van der Waals surface area contributed by atoms with Gasteiger partial charge in [0.05, 0.1) is 0 Å². The summed E-state index contributed by atoms with van der Waals surface area (Å²) < 4.78 is 0. The second-order valence-corrected chi connectivity index (χ2v) is 5.48. The van der Waals surface area contributed by atoms with Gasteiger partial charge in [0.25, 0.3) is 0 Å². The zero-order valence-corrected chi connectivity index (χ0v) is 15.2. The fourth-order valence-electron chi connectivity index (χ4n) is 2.36. The molecule has 0 fully saturated rings. The first kappa shape index (κ1) is 23.4. The van der Waals surface area contributed by atoms with Gasteiger partial charge in [-0.2, -0.15) is 17.7 Å². The van der Waals surface area contributed by atoms with Crippen molar-refractivity contribution in [2.45, 2.75) is 64.7 Å². The standard InChI is InChI=1S/C15H25.C5H5.Fe.H3N/c1-2-3-4-5-6-7-8-9-12-15-13-10-11-14-15;1-2-4-5-3-1;;/h10-11,13-14H,2-9,12H2,1H3;1-5H;;1H3/q-1;-5;;. The summed E-state index contributed by atoms with van der Waals surface area (Å²) in [5.74, 6) is 0. The van der Waals surface area contributed by atoms with Crippen LogP contribution < -0.4 is 6.15 Å². The van der Waals surface area contributed by atoms with Crippen molar-refractivity contribution in [2.75, 3.05) is 0 Å². The van der Waals surface area contributed by atoms with Crippen molar-refractivity contribution < 1.29 is 17.1 Å². The van der Waals surface area contributed by atoms with Crippen molar-refractivity contribution >= 4 is 0 Å². The van der Waals surface area contributed by atoms with Crippen LogP contribution in [0.2, 0.25) is 0 Å². The van der Waals surface area contributed by atoms with Crippen molar-refractivity contribution in [3.63, 3.8) is 0 Å². The Bertz CT molecular complexity index is 347. The quantitative estimate of drug-likeness (QED) is 0.309. The molecule has 2 aromatic carbocycles. The average molecular weight is 343 g/mol. The largest absolute Gasteiger partial charge is 0.748 e. The van der Waals surface area contributed by atoms with Crippen molar-refractivity contribution in [1.82, 2.24) is 6.15 Å². The number of hydrogen-bond donors (Lipinski definition) is 1. The molecule has 0 spiro atoms. The molecule has 2 heteroatoms. The van der Waals surface area contributed by atoms with Crippen LogP contribution in [0.3, 0.4) is 0 Å². The molecular weight excluding hydrogens is 310 g/mol. The van der Waals surface area contributed by atoms with Gasteiger partial charge in [-0.05, 0) is 0 Å². The molecule has 2 aromatic rings. The maximum absolute atomic E-state index is 2.28. The first-order chi connectivity index (χ1) is 9.93. The van der Waals surface area contributed by atoms with Gasteiger partial charge >= 0.3 is 0 Å². The van der Waals surface area contributed by atoms with Crippen LogP contribution in [0.5, 0.6) is 0 Å². The Balaban J connectivity index is 0. The molecule has 3 N–H and O–H groups in total. The van der Waals surface area contributed by atoms with Crippen LogP contribution in [0.25, 0.3) is 0 Å². The smallest absolute Gasteiger partial charge is 0 e. The molecule has 0 aliphatic heterocycles. The summed E-state index contributed by atoms with van der Waals surface area (Å²) >= 11 is 0. The molecule has 0 radical (unpaired) electrons. The Morgan fingerprint density at radius 3 is 1.55 bits per heavy atom. The number of rotatable bonds is 9. The molecule has 0 aliphatic carbocycles. The van der Waals surface area contributed by atoms with E-state index in [0.717, 1.165) is 0 Å². The van der Waals surface area contributed by atoms with Gasteiger partial charge in [0.15, 0.2) is 0 Å². The second kappa shape index (κ2) is 18.2. The summed E-state index contributed by atoms with van der Waals surface area (Å²) in [5, 5.41) is 0.